The van der Waals surface area contributed by atoms with Gasteiger partial charge in [0.2, 0.25) is 0 Å². The second-order valence-corrected chi connectivity index (χ2v) is 2.20. The van der Waals surface area contributed by atoms with Gasteiger partial charge in [-0.25, -0.2) is 0 Å². The first-order chi connectivity index (χ1) is 5.33. The van der Waals surface area contributed by atoms with Crippen LogP contribution in [0.25, 0.3) is 0 Å². The van der Waals surface area contributed by atoms with Crippen LogP contribution in [0, 0.1) is 0 Å². The minimum atomic E-state index is 0.112. The maximum atomic E-state index is 8.90. The first kappa shape index (κ1) is 7.88. The topological polar surface area (TPSA) is 52.5 Å². The zero-order chi connectivity index (χ0) is 8.10. The lowest BCUT2D eigenvalue weighted by Gasteiger charge is -2.02. The zero-order valence-corrected chi connectivity index (χ0v) is 6.12. The molecule has 0 spiro atoms. The third-order valence-corrected chi connectivity index (χ3v) is 1.31. The normalized spacial score (nSPS) is 9.55. The number of hydrogen-bond acceptors (Lipinski definition) is 3. The molecule has 3 nitrogen and oxygen atoms in total. The smallest absolute Gasteiger partial charge is 0.115 e. The van der Waals surface area contributed by atoms with Crippen molar-refractivity contribution in [1.29, 1.82) is 0 Å². The first-order valence-electron chi connectivity index (χ1n) is 3.46. The minimum Gasteiger partial charge on any atom is -0.508 e. The predicted molar refractivity (Wildman–Crippen MR) is 43.7 cm³/mol. The van der Waals surface area contributed by atoms with Crippen LogP contribution in [0.4, 0.5) is 5.69 Å². The molecule has 0 heterocycles. The molecule has 0 radical (unpaired) electrons. The number of phenolic OH excluding ortho intramolecular Hbond substituents is 1. The van der Waals surface area contributed by atoms with E-state index in [9.17, 15) is 0 Å². The van der Waals surface area contributed by atoms with E-state index >= 15 is 0 Å². The molecule has 0 amide bonds. The minimum absolute atomic E-state index is 0.112. The molecule has 1 rings (SSSR count). The van der Waals surface area contributed by atoms with E-state index in [1.807, 2.05) is 0 Å². The summed E-state index contributed by atoms with van der Waals surface area (Å²) in [4.78, 5) is 0. The summed E-state index contributed by atoms with van der Waals surface area (Å²) >= 11 is 0. The Kier molecular flexibility index (Phi) is 2.74. The van der Waals surface area contributed by atoms with Gasteiger partial charge >= 0.3 is 0 Å². The number of anilines is 1. The molecule has 0 aliphatic carbocycles. The fourth-order valence-corrected chi connectivity index (χ4v) is 0.780. The van der Waals surface area contributed by atoms with Crippen molar-refractivity contribution in [2.24, 2.45) is 0 Å². The summed E-state index contributed by atoms with van der Waals surface area (Å²) in [7, 11) is 0. The van der Waals surface area contributed by atoms with Crippen molar-refractivity contribution in [3.05, 3.63) is 24.3 Å². The summed E-state index contributed by atoms with van der Waals surface area (Å²) in [6, 6.07) is 6.70. The van der Waals surface area contributed by atoms with Gasteiger partial charge in [-0.2, -0.15) is 0 Å². The Morgan fingerprint density at radius 2 is 1.82 bits per heavy atom. The fourth-order valence-electron chi connectivity index (χ4n) is 0.780. The van der Waals surface area contributed by atoms with E-state index in [-0.39, 0.29) is 12.4 Å². The van der Waals surface area contributed by atoms with Crippen LogP contribution < -0.4 is 5.32 Å². The highest BCUT2D eigenvalue weighted by atomic mass is 16.3. The second-order valence-electron chi connectivity index (χ2n) is 2.20. The Morgan fingerprint density at radius 3 is 2.36 bits per heavy atom. The second kappa shape index (κ2) is 3.83. The summed E-state index contributed by atoms with van der Waals surface area (Å²) in [6.07, 6.45) is 0. The van der Waals surface area contributed by atoms with Crippen LogP contribution in [-0.2, 0) is 0 Å². The van der Waals surface area contributed by atoms with Crippen molar-refractivity contribution in [2.75, 3.05) is 18.5 Å². The van der Waals surface area contributed by atoms with Gasteiger partial charge < -0.3 is 15.5 Å². The quantitative estimate of drug-likeness (QED) is 0.563. The largest absolute Gasteiger partial charge is 0.508 e. The van der Waals surface area contributed by atoms with Crippen LogP contribution in [0.5, 0.6) is 5.75 Å². The molecule has 0 bridgehead atoms. The highest BCUT2D eigenvalue weighted by Crippen LogP contribution is 2.12. The van der Waals surface area contributed by atoms with E-state index in [0.29, 0.717) is 6.54 Å². The highest BCUT2D eigenvalue weighted by molar-refractivity contribution is 5.45. The average Bonchev–Trinajstić information content (AvgIpc) is 2.04. The van der Waals surface area contributed by atoms with Gasteiger partial charge in [0.25, 0.3) is 0 Å². The van der Waals surface area contributed by atoms with Gasteiger partial charge in [-0.1, -0.05) is 0 Å². The van der Waals surface area contributed by atoms with Crippen molar-refractivity contribution in [1.82, 2.24) is 0 Å². The maximum Gasteiger partial charge on any atom is 0.115 e. The Balaban J connectivity index is 2.52. The number of benzene rings is 1. The van der Waals surface area contributed by atoms with Gasteiger partial charge in [0.05, 0.1) is 6.61 Å². The molecular formula is C8H11NO2. The number of aromatic hydroxyl groups is 1. The fraction of sp³-hybridized carbons (Fsp3) is 0.250. The lowest BCUT2D eigenvalue weighted by Crippen LogP contribution is -2.04. The molecule has 0 fully saturated rings. The van der Waals surface area contributed by atoms with Gasteiger partial charge in [0, 0.05) is 12.2 Å². The molecule has 1 aromatic carbocycles. The summed E-state index contributed by atoms with van der Waals surface area (Å²) in [6.45, 7) is 0.644. The maximum absolute atomic E-state index is 8.90. The number of aliphatic hydroxyl groups is 1. The molecule has 0 aliphatic rings. The molecule has 60 valence electrons. The molecule has 3 N–H and O–H groups in total. The summed E-state index contributed by atoms with van der Waals surface area (Å²) in [5.74, 6) is 0.250. The Morgan fingerprint density at radius 1 is 1.18 bits per heavy atom. The predicted octanol–water partition coefficient (Wildman–Crippen LogP) is 0.796. The van der Waals surface area contributed by atoms with E-state index in [1.54, 1.807) is 24.3 Å². The van der Waals surface area contributed by atoms with Gasteiger partial charge in [-0.15, -0.1) is 0 Å². The third kappa shape index (κ3) is 2.47. The van der Waals surface area contributed by atoms with Gasteiger partial charge in [-0.3, -0.25) is 0 Å². The van der Waals surface area contributed by atoms with Crippen LogP contribution in [0.1, 0.15) is 0 Å². The molecule has 0 atom stereocenters. The molecular weight excluding hydrogens is 142 g/mol. The van der Waals surface area contributed by atoms with E-state index < -0.39 is 0 Å². The molecule has 3 heteroatoms. The molecule has 0 unspecified atom stereocenters. The molecule has 11 heavy (non-hydrogen) atoms. The van der Waals surface area contributed by atoms with Crippen LogP contribution in [0.15, 0.2) is 24.3 Å². The lowest BCUT2D eigenvalue weighted by molar-refractivity contribution is 0.311. The van der Waals surface area contributed by atoms with Crippen LogP contribution in [-0.4, -0.2) is 23.4 Å². The van der Waals surface area contributed by atoms with Crippen LogP contribution in [0.3, 0.4) is 0 Å². The lowest BCUT2D eigenvalue weighted by atomic mass is 10.3. The Hall–Kier alpha value is -1.22. The molecule has 0 aliphatic heterocycles. The van der Waals surface area contributed by atoms with Crippen molar-refractivity contribution in [3.63, 3.8) is 0 Å². The molecule has 0 saturated heterocycles. The van der Waals surface area contributed by atoms with E-state index in [2.05, 4.69) is 5.32 Å². The van der Waals surface area contributed by atoms with Gasteiger partial charge in [0.15, 0.2) is 0 Å². The summed E-state index contributed by atoms with van der Waals surface area (Å²) < 4.78 is 0. The number of hydrogen-bond donors (Lipinski definition) is 3. The van der Waals surface area contributed by atoms with E-state index in [1.165, 1.54) is 0 Å². The molecule has 0 saturated carbocycles. The van der Waals surface area contributed by atoms with Crippen molar-refractivity contribution in [3.8, 4) is 5.75 Å². The number of nitrogens with one attached hydrogen (secondary N) is 1. The SMILES string of the molecule is OCCNc1ccc(O)cc1. The monoisotopic (exact) mass is 153 g/mol. The van der Waals surface area contributed by atoms with Gasteiger partial charge in [0.1, 0.15) is 5.75 Å². The zero-order valence-electron chi connectivity index (χ0n) is 6.12. The number of rotatable bonds is 3. The average molecular weight is 153 g/mol. The molecule has 0 aromatic heterocycles. The van der Waals surface area contributed by atoms with E-state index in [0.717, 1.165) is 5.69 Å². The Bertz CT molecular complexity index is 208. The van der Waals surface area contributed by atoms with Crippen LogP contribution >= 0.6 is 0 Å². The first-order valence-corrected chi connectivity index (χ1v) is 3.46. The third-order valence-electron chi connectivity index (χ3n) is 1.31. The number of aliphatic hydroxyl groups excluding tert-OH is 1. The number of phenols is 1. The summed E-state index contributed by atoms with van der Waals surface area (Å²) in [5.41, 5.74) is 0.900. The van der Waals surface area contributed by atoms with Crippen molar-refractivity contribution < 1.29 is 10.2 Å². The van der Waals surface area contributed by atoms with E-state index in [4.69, 9.17) is 10.2 Å². The standard InChI is InChI=1S/C8H11NO2/c10-6-5-9-7-1-3-8(11)4-2-7/h1-4,9-11H,5-6H2. The molecule has 1 aromatic rings. The Labute approximate surface area is 65.3 Å². The summed E-state index contributed by atoms with van der Waals surface area (Å²) in [5, 5.41) is 20.3. The van der Waals surface area contributed by atoms with Crippen molar-refractivity contribution in [2.45, 2.75) is 0 Å². The highest BCUT2D eigenvalue weighted by Gasteiger charge is 1.89. The van der Waals surface area contributed by atoms with Crippen LogP contribution in [0.2, 0.25) is 0 Å². The van der Waals surface area contributed by atoms with Gasteiger partial charge in [-0.05, 0) is 24.3 Å². The van der Waals surface area contributed by atoms with Crippen molar-refractivity contribution >= 4 is 5.69 Å².